The van der Waals surface area contributed by atoms with Crippen LogP contribution in [0.4, 0.5) is 0 Å². The van der Waals surface area contributed by atoms with Crippen molar-refractivity contribution in [2.45, 2.75) is 26.4 Å². The van der Waals surface area contributed by atoms with E-state index in [2.05, 4.69) is 6.92 Å². The number of rotatable bonds is 7. The average molecular weight is 161 g/mol. The number of hydrogen-bond donors (Lipinski definition) is 1. The Morgan fingerprint density at radius 3 is 2.55 bits per heavy atom. The van der Waals surface area contributed by atoms with Crippen LogP contribution in [0.1, 0.15) is 20.3 Å². The van der Waals surface area contributed by atoms with Crippen LogP contribution in [0.3, 0.4) is 0 Å². The van der Waals surface area contributed by atoms with E-state index in [-0.39, 0.29) is 6.10 Å². The monoisotopic (exact) mass is 161 g/mol. The lowest BCUT2D eigenvalue weighted by molar-refractivity contribution is -0.00626. The standard InChI is InChI=1S/C8H19NO2/c1-3-5-10-7-8(6-9)11-4-2/h8H,3-7,9H2,1-2H3. The predicted molar refractivity (Wildman–Crippen MR) is 45.6 cm³/mol. The Morgan fingerprint density at radius 1 is 1.36 bits per heavy atom. The van der Waals surface area contributed by atoms with Gasteiger partial charge in [-0.1, -0.05) is 6.92 Å². The molecular formula is C8H19NO2. The number of hydrogen-bond acceptors (Lipinski definition) is 3. The third-order valence-corrected chi connectivity index (χ3v) is 1.32. The Bertz CT molecular complexity index is 78.5. The molecule has 68 valence electrons. The molecule has 0 aliphatic carbocycles. The van der Waals surface area contributed by atoms with Gasteiger partial charge >= 0.3 is 0 Å². The number of nitrogens with two attached hydrogens (primary N) is 1. The van der Waals surface area contributed by atoms with Crippen molar-refractivity contribution in [2.75, 3.05) is 26.4 Å². The molecule has 0 bridgehead atoms. The minimum Gasteiger partial charge on any atom is -0.379 e. The van der Waals surface area contributed by atoms with Gasteiger partial charge in [0.05, 0.1) is 12.7 Å². The van der Waals surface area contributed by atoms with Crippen molar-refractivity contribution in [3.63, 3.8) is 0 Å². The molecule has 3 nitrogen and oxygen atoms in total. The van der Waals surface area contributed by atoms with Gasteiger partial charge in [0.1, 0.15) is 0 Å². The van der Waals surface area contributed by atoms with Crippen molar-refractivity contribution in [3.05, 3.63) is 0 Å². The highest BCUT2D eigenvalue weighted by atomic mass is 16.5. The van der Waals surface area contributed by atoms with E-state index in [1.165, 1.54) is 0 Å². The van der Waals surface area contributed by atoms with Crippen LogP contribution < -0.4 is 5.73 Å². The highest BCUT2D eigenvalue weighted by molar-refractivity contribution is 4.55. The molecule has 0 aromatic carbocycles. The first kappa shape index (κ1) is 10.9. The fourth-order valence-electron chi connectivity index (χ4n) is 0.779. The van der Waals surface area contributed by atoms with Crippen LogP contribution >= 0.6 is 0 Å². The molecule has 2 N–H and O–H groups in total. The Labute approximate surface area is 68.9 Å². The highest BCUT2D eigenvalue weighted by Crippen LogP contribution is 1.91. The largest absolute Gasteiger partial charge is 0.379 e. The quantitative estimate of drug-likeness (QED) is 0.561. The van der Waals surface area contributed by atoms with Crippen LogP contribution in [0.2, 0.25) is 0 Å². The minimum absolute atomic E-state index is 0.0755. The Hall–Kier alpha value is -0.120. The van der Waals surface area contributed by atoms with E-state index < -0.39 is 0 Å². The summed E-state index contributed by atoms with van der Waals surface area (Å²) in [6.45, 7) is 6.71. The topological polar surface area (TPSA) is 44.5 Å². The van der Waals surface area contributed by atoms with Gasteiger partial charge in [-0.3, -0.25) is 0 Å². The van der Waals surface area contributed by atoms with Crippen molar-refractivity contribution >= 4 is 0 Å². The third-order valence-electron chi connectivity index (χ3n) is 1.32. The molecule has 11 heavy (non-hydrogen) atoms. The van der Waals surface area contributed by atoms with Gasteiger partial charge in [-0.15, -0.1) is 0 Å². The first-order chi connectivity index (χ1) is 5.35. The molecule has 0 amide bonds. The fraction of sp³-hybridized carbons (Fsp3) is 1.00. The summed E-state index contributed by atoms with van der Waals surface area (Å²) in [4.78, 5) is 0. The summed E-state index contributed by atoms with van der Waals surface area (Å²) >= 11 is 0. The summed E-state index contributed by atoms with van der Waals surface area (Å²) in [6.07, 6.45) is 1.12. The summed E-state index contributed by atoms with van der Waals surface area (Å²) < 4.78 is 10.6. The zero-order valence-corrected chi connectivity index (χ0v) is 7.51. The molecule has 3 heteroatoms. The molecule has 1 unspecified atom stereocenters. The van der Waals surface area contributed by atoms with Crippen molar-refractivity contribution < 1.29 is 9.47 Å². The van der Waals surface area contributed by atoms with Crippen molar-refractivity contribution in [1.82, 2.24) is 0 Å². The molecule has 0 saturated heterocycles. The normalized spacial score (nSPS) is 13.4. The summed E-state index contributed by atoms with van der Waals surface area (Å²) in [5, 5.41) is 0. The minimum atomic E-state index is 0.0755. The molecule has 0 aromatic heterocycles. The number of ether oxygens (including phenoxy) is 2. The first-order valence-electron chi connectivity index (χ1n) is 4.24. The Balaban J connectivity index is 3.20. The van der Waals surface area contributed by atoms with Gasteiger partial charge in [0.15, 0.2) is 0 Å². The zero-order valence-electron chi connectivity index (χ0n) is 7.51. The average Bonchev–Trinajstić information content (AvgIpc) is 2.03. The van der Waals surface area contributed by atoms with Crippen LogP contribution in [0, 0.1) is 0 Å². The second kappa shape index (κ2) is 7.98. The van der Waals surface area contributed by atoms with E-state index in [4.69, 9.17) is 15.2 Å². The van der Waals surface area contributed by atoms with Gasteiger partial charge in [0.2, 0.25) is 0 Å². The Morgan fingerprint density at radius 2 is 2.09 bits per heavy atom. The zero-order chi connectivity index (χ0) is 8.53. The summed E-state index contributed by atoms with van der Waals surface area (Å²) in [5.41, 5.74) is 5.44. The van der Waals surface area contributed by atoms with E-state index in [1.807, 2.05) is 6.92 Å². The molecule has 0 saturated carbocycles. The van der Waals surface area contributed by atoms with Crippen molar-refractivity contribution in [2.24, 2.45) is 5.73 Å². The molecule has 0 rings (SSSR count). The van der Waals surface area contributed by atoms with Gasteiger partial charge in [0, 0.05) is 19.8 Å². The Kier molecular flexibility index (Phi) is 7.89. The van der Waals surface area contributed by atoms with E-state index in [0.717, 1.165) is 13.0 Å². The molecule has 1 atom stereocenters. The smallest absolute Gasteiger partial charge is 0.0930 e. The molecule has 0 radical (unpaired) electrons. The van der Waals surface area contributed by atoms with Gasteiger partial charge in [0.25, 0.3) is 0 Å². The maximum Gasteiger partial charge on any atom is 0.0930 e. The van der Waals surface area contributed by atoms with Gasteiger partial charge in [-0.25, -0.2) is 0 Å². The molecule has 0 aliphatic heterocycles. The lowest BCUT2D eigenvalue weighted by Gasteiger charge is -2.14. The molecule has 0 aromatic rings. The maximum atomic E-state index is 5.44. The third kappa shape index (κ3) is 6.28. The molecule has 0 heterocycles. The van der Waals surface area contributed by atoms with Gasteiger partial charge in [-0.2, -0.15) is 0 Å². The second-order valence-corrected chi connectivity index (χ2v) is 2.39. The van der Waals surface area contributed by atoms with Crippen LogP contribution in [0.25, 0.3) is 0 Å². The van der Waals surface area contributed by atoms with Crippen LogP contribution in [0.5, 0.6) is 0 Å². The summed E-state index contributed by atoms with van der Waals surface area (Å²) in [5.74, 6) is 0. The SMILES string of the molecule is CCCOCC(CN)OCC. The van der Waals surface area contributed by atoms with Crippen LogP contribution in [-0.4, -0.2) is 32.5 Å². The fourth-order valence-corrected chi connectivity index (χ4v) is 0.779. The van der Waals surface area contributed by atoms with Gasteiger partial charge < -0.3 is 15.2 Å². The maximum absolute atomic E-state index is 5.44. The van der Waals surface area contributed by atoms with E-state index >= 15 is 0 Å². The van der Waals surface area contributed by atoms with E-state index in [1.54, 1.807) is 0 Å². The molecule has 0 fully saturated rings. The predicted octanol–water partition coefficient (Wildman–Crippen LogP) is 0.777. The highest BCUT2D eigenvalue weighted by Gasteiger charge is 2.04. The second-order valence-electron chi connectivity index (χ2n) is 2.39. The molecule has 0 aliphatic rings. The van der Waals surface area contributed by atoms with E-state index in [9.17, 15) is 0 Å². The first-order valence-corrected chi connectivity index (χ1v) is 4.24. The summed E-state index contributed by atoms with van der Waals surface area (Å²) in [6, 6.07) is 0. The van der Waals surface area contributed by atoms with Crippen molar-refractivity contribution in [1.29, 1.82) is 0 Å². The van der Waals surface area contributed by atoms with Crippen molar-refractivity contribution in [3.8, 4) is 0 Å². The summed E-state index contributed by atoms with van der Waals surface area (Å²) in [7, 11) is 0. The molecular weight excluding hydrogens is 142 g/mol. The van der Waals surface area contributed by atoms with Crippen LogP contribution in [0.15, 0.2) is 0 Å². The van der Waals surface area contributed by atoms with E-state index in [0.29, 0.717) is 19.8 Å². The lowest BCUT2D eigenvalue weighted by atomic mass is 10.4. The van der Waals surface area contributed by atoms with Crippen LogP contribution in [-0.2, 0) is 9.47 Å². The lowest BCUT2D eigenvalue weighted by Crippen LogP contribution is -2.28. The molecule has 0 spiro atoms. The van der Waals surface area contributed by atoms with Gasteiger partial charge in [-0.05, 0) is 13.3 Å².